The number of hydrogen-bond donors (Lipinski definition) is 2. The molecule has 2 amide bonds. The van der Waals surface area contributed by atoms with Crippen molar-refractivity contribution in [2.75, 3.05) is 11.9 Å². The number of nitrogens with zero attached hydrogens (tertiary/aromatic N) is 2. The molecule has 0 aliphatic heterocycles. The molecule has 1 heterocycles. The first-order valence-corrected chi connectivity index (χ1v) is 10.1. The van der Waals surface area contributed by atoms with E-state index in [0.717, 1.165) is 22.2 Å². The molecule has 1 unspecified atom stereocenters. The van der Waals surface area contributed by atoms with Crippen LogP contribution in [0.1, 0.15) is 25.5 Å². The van der Waals surface area contributed by atoms with E-state index < -0.39 is 23.6 Å². The molecular formula is C21H21BrF2N4O2. The van der Waals surface area contributed by atoms with E-state index in [1.165, 1.54) is 10.9 Å². The highest BCUT2D eigenvalue weighted by Gasteiger charge is 2.26. The molecule has 2 N–H and O–H groups in total. The number of aromatic nitrogens is 2. The SMILES string of the molecule is Cc1cc(NC(=O)CNC(=O)C(C(C)C)n2cnc3cc(F)c(F)cc32)ccc1Br. The highest BCUT2D eigenvalue weighted by molar-refractivity contribution is 9.10. The van der Waals surface area contributed by atoms with Crippen LogP contribution in [0.25, 0.3) is 11.0 Å². The van der Waals surface area contributed by atoms with Crippen molar-refractivity contribution in [1.29, 1.82) is 0 Å². The Labute approximate surface area is 180 Å². The van der Waals surface area contributed by atoms with Crippen molar-refractivity contribution in [2.24, 2.45) is 5.92 Å². The van der Waals surface area contributed by atoms with Crippen LogP contribution in [0.15, 0.2) is 41.1 Å². The standard InChI is InChI=1S/C21H21BrF2N4O2/c1-11(2)20(28-10-26-17-7-15(23)16(24)8-18(17)28)21(30)25-9-19(29)27-13-4-5-14(22)12(3)6-13/h4-8,10-11,20H,9H2,1-3H3,(H,25,30)(H,27,29). The van der Waals surface area contributed by atoms with E-state index in [9.17, 15) is 18.4 Å². The quantitative estimate of drug-likeness (QED) is 0.553. The predicted molar refractivity (Wildman–Crippen MR) is 114 cm³/mol. The van der Waals surface area contributed by atoms with E-state index in [-0.39, 0.29) is 23.9 Å². The van der Waals surface area contributed by atoms with Crippen molar-refractivity contribution in [2.45, 2.75) is 26.8 Å². The van der Waals surface area contributed by atoms with Crippen LogP contribution in [0, 0.1) is 24.5 Å². The summed E-state index contributed by atoms with van der Waals surface area (Å²) in [6.07, 6.45) is 1.37. The molecule has 3 rings (SSSR count). The Bertz CT molecular complexity index is 1110. The van der Waals surface area contributed by atoms with Gasteiger partial charge in [0.25, 0.3) is 0 Å². The van der Waals surface area contributed by atoms with Gasteiger partial charge in [0, 0.05) is 22.3 Å². The van der Waals surface area contributed by atoms with Gasteiger partial charge in [-0.05, 0) is 36.6 Å². The van der Waals surface area contributed by atoms with E-state index in [4.69, 9.17) is 0 Å². The Morgan fingerprint density at radius 3 is 2.53 bits per heavy atom. The van der Waals surface area contributed by atoms with E-state index in [0.29, 0.717) is 11.2 Å². The lowest BCUT2D eigenvalue weighted by molar-refractivity contribution is -0.127. The normalized spacial score (nSPS) is 12.2. The zero-order valence-electron chi connectivity index (χ0n) is 16.7. The van der Waals surface area contributed by atoms with Gasteiger partial charge in [0.05, 0.1) is 23.9 Å². The second kappa shape index (κ2) is 8.91. The third-order valence-corrected chi connectivity index (χ3v) is 5.57. The first-order chi connectivity index (χ1) is 14.2. The number of benzene rings is 2. The van der Waals surface area contributed by atoms with Crippen LogP contribution >= 0.6 is 15.9 Å². The first-order valence-electron chi connectivity index (χ1n) is 9.32. The number of rotatable bonds is 6. The fourth-order valence-corrected chi connectivity index (χ4v) is 3.44. The number of carbonyl (C=O) groups excluding carboxylic acids is 2. The fourth-order valence-electron chi connectivity index (χ4n) is 3.19. The summed E-state index contributed by atoms with van der Waals surface area (Å²) < 4.78 is 29.6. The first kappa shape index (κ1) is 21.9. The molecule has 1 aromatic heterocycles. The lowest BCUT2D eigenvalue weighted by atomic mass is 10.0. The number of imidazole rings is 1. The van der Waals surface area contributed by atoms with Gasteiger partial charge < -0.3 is 15.2 Å². The minimum atomic E-state index is -1.02. The van der Waals surface area contributed by atoms with Crippen molar-refractivity contribution in [1.82, 2.24) is 14.9 Å². The Kier molecular flexibility index (Phi) is 6.50. The van der Waals surface area contributed by atoms with Crippen LogP contribution in [0.3, 0.4) is 0 Å². The second-order valence-electron chi connectivity index (χ2n) is 7.33. The summed E-state index contributed by atoms with van der Waals surface area (Å²) in [6.45, 7) is 5.31. The summed E-state index contributed by atoms with van der Waals surface area (Å²) >= 11 is 3.40. The summed E-state index contributed by atoms with van der Waals surface area (Å²) in [4.78, 5) is 29.1. The highest BCUT2D eigenvalue weighted by atomic mass is 79.9. The van der Waals surface area contributed by atoms with E-state index >= 15 is 0 Å². The van der Waals surface area contributed by atoms with Crippen molar-refractivity contribution in [3.63, 3.8) is 0 Å². The lowest BCUT2D eigenvalue weighted by Gasteiger charge is -2.22. The van der Waals surface area contributed by atoms with Gasteiger partial charge in [-0.2, -0.15) is 0 Å². The predicted octanol–water partition coefficient (Wildman–Crippen LogP) is 4.34. The Balaban J connectivity index is 1.72. The molecule has 158 valence electrons. The zero-order chi connectivity index (χ0) is 22.0. The summed E-state index contributed by atoms with van der Waals surface area (Å²) in [7, 11) is 0. The molecule has 0 aliphatic carbocycles. The van der Waals surface area contributed by atoms with Crippen molar-refractivity contribution in [3.8, 4) is 0 Å². The maximum Gasteiger partial charge on any atom is 0.243 e. The molecule has 0 saturated carbocycles. The van der Waals surface area contributed by atoms with Crippen LogP contribution in [0.2, 0.25) is 0 Å². The van der Waals surface area contributed by atoms with Crippen LogP contribution in [0.4, 0.5) is 14.5 Å². The average molecular weight is 479 g/mol. The minimum Gasteiger partial charge on any atom is -0.345 e. The number of aryl methyl sites for hydroxylation is 1. The molecule has 1 atom stereocenters. The van der Waals surface area contributed by atoms with Gasteiger partial charge in [0.2, 0.25) is 11.8 Å². The van der Waals surface area contributed by atoms with Crippen LogP contribution in [-0.4, -0.2) is 27.9 Å². The zero-order valence-corrected chi connectivity index (χ0v) is 18.3. The fraction of sp³-hybridized carbons (Fsp3) is 0.286. The topological polar surface area (TPSA) is 76.0 Å². The molecule has 0 spiro atoms. The van der Waals surface area contributed by atoms with Crippen molar-refractivity contribution >= 4 is 44.5 Å². The smallest absolute Gasteiger partial charge is 0.243 e. The molecule has 0 saturated heterocycles. The Morgan fingerprint density at radius 2 is 1.87 bits per heavy atom. The second-order valence-corrected chi connectivity index (χ2v) is 8.18. The number of carbonyl (C=O) groups is 2. The third-order valence-electron chi connectivity index (χ3n) is 4.68. The number of fused-ring (bicyclic) bond motifs is 1. The van der Waals surface area contributed by atoms with Gasteiger partial charge in [-0.1, -0.05) is 29.8 Å². The number of amides is 2. The molecule has 3 aromatic rings. The van der Waals surface area contributed by atoms with Gasteiger partial charge in [0.1, 0.15) is 6.04 Å². The molecular weight excluding hydrogens is 458 g/mol. The molecule has 0 bridgehead atoms. The van der Waals surface area contributed by atoms with E-state index in [1.807, 2.05) is 32.9 Å². The van der Waals surface area contributed by atoms with Crippen LogP contribution in [0.5, 0.6) is 0 Å². The lowest BCUT2D eigenvalue weighted by Crippen LogP contribution is -2.39. The molecule has 30 heavy (non-hydrogen) atoms. The van der Waals surface area contributed by atoms with Gasteiger partial charge in [-0.15, -0.1) is 0 Å². The number of nitrogens with one attached hydrogen (secondary N) is 2. The molecule has 0 aliphatic rings. The number of halogens is 3. The molecule has 2 aromatic carbocycles. The van der Waals surface area contributed by atoms with Crippen LogP contribution in [-0.2, 0) is 9.59 Å². The summed E-state index contributed by atoms with van der Waals surface area (Å²) in [5.74, 6) is -3.01. The van der Waals surface area contributed by atoms with Crippen LogP contribution < -0.4 is 10.6 Å². The van der Waals surface area contributed by atoms with Gasteiger partial charge in [0.15, 0.2) is 11.6 Å². The van der Waals surface area contributed by atoms with Gasteiger partial charge >= 0.3 is 0 Å². The largest absolute Gasteiger partial charge is 0.345 e. The monoisotopic (exact) mass is 478 g/mol. The summed E-state index contributed by atoms with van der Waals surface area (Å²) in [6, 6.07) is 6.64. The van der Waals surface area contributed by atoms with Gasteiger partial charge in [-0.25, -0.2) is 13.8 Å². The highest BCUT2D eigenvalue weighted by Crippen LogP contribution is 2.25. The molecule has 9 heteroatoms. The number of anilines is 1. The molecule has 0 fully saturated rings. The maximum atomic E-state index is 13.7. The van der Waals surface area contributed by atoms with E-state index in [2.05, 4.69) is 31.5 Å². The maximum absolute atomic E-state index is 13.7. The third kappa shape index (κ3) is 4.67. The average Bonchev–Trinajstić information content (AvgIpc) is 3.05. The van der Waals surface area contributed by atoms with Gasteiger partial charge in [-0.3, -0.25) is 9.59 Å². The number of hydrogen-bond acceptors (Lipinski definition) is 3. The summed E-state index contributed by atoms with van der Waals surface area (Å²) in [5, 5.41) is 5.34. The molecule has 6 nitrogen and oxygen atoms in total. The molecule has 0 radical (unpaired) electrons. The Morgan fingerprint density at radius 1 is 1.17 bits per heavy atom. The minimum absolute atomic E-state index is 0.187. The van der Waals surface area contributed by atoms with Crippen molar-refractivity contribution in [3.05, 3.63) is 58.3 Å². The Hall–Kier alpha value is -2.81. The van der Waals surface area contributed by atoms with E-state index in [1.54, 1.807) is 6.07 Å². The summed E-state index contributed by atoms with van der Waals surface area (Å²) in [5.41, 5.74) is 2.13. The van der Waals surface area contributed by atoms with Crippen molar-refractivity contribution < 1.29 is 18.4 Å².